The second-order valence-corrected chi connectivity index (χ2v) is 4.04. The maximum atomic E-state index is 5.83. The number of rotatable bonds is 4. The second-order valence-electron chi connectivity index (χ2n) is 4.04. The van der Waals surface area contributed by atoms with Crippen LogP contribution in [-0.4, -0.2) is 31.5 Å². The van der Waals surface area contributed by atoms with Crippen LogP contribution in [0.2, 0.25) is 0 Å². The average molecular weight is 230 g/mol. The Hall–Kier alpha value is -1.81. The van der Waals surface area contributed by atoms with Crippen LogP contribution in [-0.2, 0) is 6.42 Å². The van der Waals surface area contributed by atoms with E-state index in [2.05, 4.69) is 27.6 Å². The molecule has 4 nitrogen and oxygen atoms in total. The fourth-order valence-electron chi connectivity index (χ4n) is 1.93. The summed E-state index contributed by atoms with van der Waals surface area (Å²) < 4.78 is 0. The SMILES string of the molecule is CN=C(N)c1ccc2[nH]cc(CCNC)c2c1. The number of aromatic nitrogens is 1. The first kappa shape index (κ1) is 11.7. The monoisotopic (exact) mass is 230 g/mol. The van der Waals surface area contributed by atoms with E-state index in [1.165, 1.54) is 10.9 Å². The van der Waals surface area contributed by atoms with Gasteiger partial charge < -0.3 is 16.0 Å². The van der Waals surface area contributed by atoms with Gasteiger partial charge in [-0.15, -0.1) is 0 Å². The molecule has 17 heavy (non-hydrogen) atoms. The number of H-pyrrole nitrogens is 1. The van der Waals surface area contributed by atoms with Crippen LogP contribution in [0.25, 0.3) is 10.9 Å². The summed E-state index contributed by atoms with van der Waals surface area (Å²) in [5.41, 5.74) is 9.26. The number of hydrogen-bond donors (Lipinski definition) is 3. The van der Waals surface area contributed by atoms with E-state index in [1.807, 2.05) is 19.2 Å². The Kier molecular flexibility index (Phi) is 3.44. The van der Waals surface area contributed by atoms with Crippen LogP contribution in [0.5, 0.6) is 0 Å². The molecular weight excluding hydrogens is 212 g/mol. The Labute approximate surface area is 101 Å². The van der Waals surface area contributed by atoms with E-state index < -0.39 is 0 Å². The molecule has 1 heterocycles. The summed E-state index contributed by atoms with van der Waals surface area (Å²) in [6.07, 6.45) is 3.06. The highest BCUT2D eigenvalue weighted by Gasteiger charge is 2.05. The summed E-state index contributed by atoms with van der Waals surface area (Å²) >= 11 is 0. The standard InChI is InChI=1S/C13H18N4/c1-15-6-5-10-8-17-12-4-3-9(7-11(10)12)13(14)16-2/h3-4,7-8,15,17H,5-6H2,1-2H3,(H2,14,16). The first-order valence-electron chi connectivity index (χ1n) is 5.73. The summed E-state index contributed by atoms with van der Waals surface area (Å²) in [7, 11) is 3.67. The van der Waals surface area contributed by atoms with Crippen molar-refractivity contribution >= 4 is 16.7 Å². The number of amidine groups is 1. The van der Waals surface area contributed by atoms with Gasteiger partial charge in [-0.2, -0.15) is 0 Å². The third kappa shape index (κ3) is 2.31. The van der Waals surface area contributed by atoms with Crippen molar-refractivity contribution in [3.8, 4) is 0 Å². The fourth-order valence-corrected chi connectivity index (χ4v) is 1.93. The number of nitrogens with two attached hydrogens (primary N) is 1. The third-order valence-electron chi connectivity index (χ3n) is 2.95. The van der Waals surface area contributed by atoms with Gasteiger partial charge in [0.25, 0.3) is 0 Å². The molecule has 0 aliphatic carbocycles. The molecule has 2 rings (SSSR count). The second kappa shape index (κ2) is 5.01. The maximum absolute atomic E-state index is 5.83. The van der Waals surface area contributed by atoms with Crippen molar-refractivity contribution in [2.75, 3.05) is 20.6 Å². The Morgan fingerprint density at radius 1 is 1.47 bits per heavy atom. The molecule has 0 radical (unpaired) electrons. The summed E-state index contributed by atoms with van der Waals surface area (Å²) in [4.78, 5) is 7.29. The molecule has 4 N–H and O–H groups in total. The average Bonchev–Trinajstić information content (AvgIpc) is 2.77. The molecule has 90 valence electrons. The van der Waals surface area contributed by atoms with Crippen LogP contribution in [0, 0.1) is 0 Å². The molecule has 0 aliphatic heterocycles. The number of fused-ring (bicyclic) bond motifs is 1. The number of aromatic amines is 1. The van der Waals surface area contributed by atoms with Crippen LogP contribution < -0.4 is 11.1 Å². The van der Waals surface area contributed by atoms with Crippen molar-refractivity contribution in [1.29, 1.82) is 0 Å². The van der Waals surface area contributed by atoms with Crippen molar-refractivity contribution in [1.82, 2.24) is 10.3 Å². The van der Waals surface area contributed by atoms with Crippen molar-refractivity contribution in [3.05, 3.63) is 35.5 Å². The maximum Gasteiger partial charge on any atom is 0.125 e. The van der Waals surface area contributed by atoms with E-state index in [9.17, 15) is 0 Å². The zero-order valence-corrected chi connectivity index (χ0v) is 10.2. The smallest absolute Gasteiger partial charge is 0.125 e. The molecule has 1 aromatic carbocycles. The molecule has 0 atom stereocenters. The Balaban J connectivity index is 2.43. The Morgan fingerprint density at radius 2 is 2.29 bits per heavy atom. The van der Waals surface area contributed by atoms with Gasteiger partial charge in [-0.3, -0.25) is 4.99 Å². The number of hydrogen-bond acceptors (Lipinski definition) is 2. The molecule has 0 saturated carbocycles. The molecule has 1 aromatic heterocycles. The van der Waals surface area contributed by atoms with Gasteiger partial charge in [-0.1, -0.05) is 0 Å². The Bertz CT molecular complexity index is 539. The molecule has 4 heteroatoms. The lowest BCUT2D eigenvalue weighted by atomic mass is 10.1. The quantitative estimate of drug-likeness (QED) is 0.547. The highest BCUT2D eigenvalue weighted by Crippen LogP contribution is 2.20. The molecule has 0 unspecified atom stereocenters. The molecular formula is C13H18N4. The van der Waals surface area contributed by atoms with Crippen LogP contribution in [0.3, 0.4) is 0 Å². The molecule has 0 spiro atoms. The van der Waals surface area contributed by atoms with E-state index in [0.717, 1.165) is 24.0 Å². The molecule has 2 aromatic rings. The lowest BCUT2D eigenvalue weighted by Crippen LogP contribution is -2.12. The highest BCUT2D eigenvalue weighted by molar-refractivity contribution is 6.01. The van der Waals surface area contributed by atoms with Gasteiger partial charge >= 0.3 is 0 Å². The highest BCUT2D eigenvalue weighted by atomic mass is 14.8. The minimum absolute atomic E-state index is 0.577. The van der Waals surface area contributed by atoms with Crippen molar-refractivity contribution in [2.24, 2.45) is 10.7 Å². The van der Waals surface area contributed by atoms with E-state index in [-0.39, 0.29) is 0 Å². The number of nitrogens with one attached hydrogen (secondary N) is 2. The van der Waals surface area contributed by atoms with E-state index in [1.54, 1.807) is 7.05 Å². The van der Waals surface area contributed by atoms with Crippen LogP contribution in [0.1, 0.15) is 11.1 Å². The number of likely N-dealkylation sites (N-methyl/N-ethyl adjacent to an activating group) is 1. The number of nitrogens with zero attached hydrogens (tertiary/aromatic N) is 1. The van der Waals surface area contributed by atoms with Crippen molar-refractivity contribution in [3.63, 3.8) is 0 Å². The number of aliphatic imine (C=N–C) groups is 1. The first-order valence-corrected chi connectivity index (χ1v) is 5.73. The molecule has 0 fully saturated rings. The normalized spacial score (nSPS) is 12.2. The zero-order valence-electron chi connectivity index (χ0n) is 10.2. The van der Waals surface area contributed by atoms with Crippen molar-refractivity contribution < 1.29 is 0 Å². The first-order chi connectivity index (χ1) is 8.26. The molecule has 0 amide bonds. The summed E-state index contributed by atoms with van der Waals surface area (Å²) in [6, 6.07) is 6.13. The fraction of sp³-hybridized carbons (Fsp3) is 0.308. The summed E-state index contributed by atoms with van der Waals surface area (Å²) in [5, 5.41) is 4.38. The van der Waals surface area contributed by atoms with Gasteiger partial charge in [0.2, 0.25) is 0 Å². The lowest BCUT2D eigenvalue weighted by Gasteiger charge is -2.02. The van der Waals surface area contributed by atoms with Gasteiger partial charge in [-0.05, 0) is 43.8 Å². The minimum atomic E-state index is 0.577. The van der Waals surface area contributed by atoms with E-state index >= 15 is 0 Å². The topological polar surface area (TPSA) is 66.2 Å². The largest absolute Gasteiger partial charge is 0.384 e. The predicted octanol–water partition coefficient (Wildman–Crippen LogP) is 1.26. The third-order valence-corrected chi connectivity index (χ3v) is 2.95. The van der Waals surface area contributed by atoms with Gasteiger partial charge in [0.15, 0.2) is 0 Å². The van der Waals surface area contributed by atoms with Gasteiger partial charge in [-0.25, -0.2) is 0 Å². The molecule has 0 aliphatic rings. The van der Waals surface area contributed by atoms with Crippen LogP contribution in [0.4, 0.5) is 0 Å². The number of benzene rings is 1. The van der Waals surface area contributed by atoms with Gasteiger partial charge in [0, 0.05) is 29.7 Å². The molecule has 0 saturated heterocycles. The summed E-state index contributed by atoms with van der Waals surface area (Å²) in [6.45, 7) is 0.967. The van der Waals surface area contributed by atoms with E-state index in [4.69, 9.17) is 5.73 Å². The zero-order chi connectivity index (χ0) is 12.3. The predicted molar refractivity (Wildman–Crippen MR) is 72.6 cm³/mol. The van der Waals surface area contributed by atoms with E-state index in [0.29, 0.717) is 5.84 Å². The van der Waals surface area contributed by atoms with Crippen molar-refractivity contribution in [2.45, 2.75) is 6.42 Å². The van der Waals surface area contributed by atoms with Gasteiger partial charge in [0.1, 0.15) is 5.84 Å². The molecule has 0 bridgehead atoms. The van der Waals surface area contributed by atoms with Crippen LogP contribution in [0.15, 0.2) is 29.4 Å². The van der Waals surface area contributed by atoms with Crippen LogP contribution >= 0.6 is 0 Å². The minimum Gasteiger partial charge on any atom is -0.384 e. The lowest BCUT2D eigenvalue weighted by molar-refractivity contribution is 0.795. The summed E-state index contributed by atoms with van der Waals surface area (Å²) in [5.74, 6) is 0.577. The Morgan fingerprint density at radius 3 is 3.00 bits per heavy atom. The van der Waals surface area contributed by atoms with Gasteiger partial charge in [0.05, 0.1) is 0 Å².